The second kappa shape index (κ2) is 5.64. The van der Waals surface area contributed by atoms with E-state index in [0.29, 0.717) is 18.6 Å². The van der Waals surface area contributed by atoms with Crippen LogP contribution in [0.4, 0.5) is 0 Å². The van der Waals surface area contributed by atoms with Crippen LogP contribution in [0, 0.1) is 11.3 Å². The molecule has 1 aromatic rings. The Hall–Kier alpha value is -1.61. The number of nitrogens with two attached hydrogens (primary N) is 1. The van der Waals surface area contributed by atoms with Crippen molar-refractivity contribution < 1.29 is 4.74 Å². The van der Waals surface area contributed by atoms with Crippen LogP contribution in [0.1, 0.15) is 18.4 Å². The number of allylic oxidation sites excluding steroid dienone is 2. The Labute approximate surface area is 102 Å². The van der Waals surface area contributed by atoms with Gasteiger partial charge in [0.2, 0.25) is 0 Å². The molecule has 1 aromatic carbocycles. The summed E-state index contributed by atoms with van der Waals surface area (Å²) < 4.78 is 5.78. The second-order valence-corrected chi connectivity index (χ2v) is 4.42. The van der Waals surface area contributed by atoms with E-state index in [4.69, 9.17) is 15.9 Å². The molecule has 0 aromatic heterocycles. The lowest BCUT2D eigenvalue weighted by Crippen LogP contribution is -2.34. The summed E-state index contributed by atoms with van der Waals surface area (Å²) in [5, 5.41) is 6.96. The molecule has 1 fully saturated rings. The van der Waals surface area contributed by atoms with Gasteiger partial charge in [-0.05, 0) is 24.5 Å². The van der Waals surface area contributed by atoms with Crippen LogP contribution in [-0.2, 0) is 11.3 Å². The molecular weight excluding hydrogens is 212 g/mol. The van der Waals surface area contributed by atoms with E-state index in [1.165, 1.54) is 11.8 Å². The molecule has 0 spiro atoms. The van der Waals surface area contributed by atoms with Crippen LogP contribution in [0.15, 0.2) is 42.1 Å². The van der Waals surface area contributed by atoms with Crippen molar-refractivity contribution in [3.8, 4) is 0 Å². The van der Waals surface area contributed by atoms with E-state index in [1.807, 2.05) is 18.2 Å². The average molecular weight is 230 g/mol. The first-order valence-corrected chi connectivity index (χ1v) is 5.91. The van der Waals surface area contributed by atoms with Gasteiger partial charge in [-0.15, -0.1) is 0 Å². The van der Waals surface area contributed by atoms with E-state index in [0.717, 1.165) is 18.5 Å². The molecule has 0 radical (unpaired) electrons. The molecule has 0 heterocycles. The highest BCUT2D eigenvalue weighted by Gasteiger charge is 2.31. The number of hydrogen-bond acceptors (Lipinski definition) is 3. The highest BCUT2D eigenvalue weighted by molar-refractivity contribution is 5.68. The summed E-state index contributed by atoms with van der Waals surface area (Å²) in [5.41, 5.74) is 7.83. The molecule has 3 nitrogen and oxygen atoms in total. The van der Waals surface area contributed by atoms with E-state index >= 15 is 0 Å². The normalized spacial score (nSPS) is 24.1. The monoisotopic (exact) mass is 230 g/mol. The molecule has 3 heteroatoms. The van der Waals surface area contributed by atoms with Gasteiger partial charge >= 0.3 is 0 Å². The molecule has 1 aliphatic carbocycles. The lowest BCUT2D eigenvalue weighted by molar-refractivity contribution is -0.0311. The van der Waals surface area contributed by atoms with Gasteiger partial charge in [0.15, 0.2) is 0 Å². The first kappa shape index (κ1) is 11.9. The van der Waals surface area contributed by atoms with Gasteiger partial charge in [0.25, 0.3) is 0 Å². The van der Waals surface area contributed by atoms with Crippen molar-refractivity contribution in [2.75, 3.05) is 0 Å². The van der Waals surface area contributed by atoms with Crippen LogP contribution >= 0.6 is 0 Å². The van der Waals surface area contributed by atoms with Crippen molar-refractivity contribution in [3.05, 3.63) is 47.7 Å². The number of nitrogens with one attached hydrogen (secondary N) is 1. The van der Waals surface area contributed by atoms with Crippen LogP contribution in [0.25, 0.3) is 0 Å². The topological polar surface area (TPSA) is 59.1 Å². The summed E-state index contributed by atoms with van der Waals surface area (Å²) in [4.78, 5) is 0. The predicted octanol–water partition coefficient (Wildman–Crippen LogP) is 2.47. The molecule has 0 unspecified atom stereocenters. The van der Waals surface area contributed by atoms with E-state index in [2.05, 4.69) is 12.1 Å². The minimum atomic E-state index is 0.317. The minimum Gasteiger partial charge on any atom is -0.402 e. The number of ether oxygens (including phenoxy) is 1. The van der Waals surface area contributed by atoms with E-state index < -0.39 is 0 Å². The van der Waals surface area contributed by atoms with Crippen LogP contribution in [0.3, 0.4) is 0 Å². The van der Waals surface area contributed by atoms with Gasteiger partial charge in [-0.2, -0.15) is 0 Å². The Morgan fingerprint density at radius 2 is 2.06 bits per heavy atom. The molecule has 0 saturated heterocycles. The number of rotatable bonds is 5. The molecule has 1 aliphatic rings. The van der Waals surface area contributed by atoms with Gasteiger partial charge in [0.05, 0.1) is 12.7 Å². The van der Waals surface area contributed by atoms with Crippen LogP contribution in [0.5, 0.6) is 0 Å². The fourth-order valence-corrected chi connectivity index (χ4v) is 1.99. The Morgan fingerprint density at radius 1 is 1.35 bits per heavy atom. The lowest BCUT2D eigenvalue weighted by Gasteiger charge is -2.35. The zero-order chi connectivity index (χ0) is 12.1. The largest absolute Gasteiger partial charge is 0.402 e. The molecule has 0 atom stereocenters. The van der Waals surface area contributed by atoms with Crippen molar-refractivity contribution in [2.45, 2.75) is 25.6 Å². The van der Waals surface area contributed by atoms with Gasteiger partial charge < -0.3 is 15.9 Å². The van der Waals surface area contributed by atoms with Crippen molar-refractivity contribution in [1.29, 1.82) is 5.41 Å². The minimum absolute atomic E-state index is 0.317. The van der Waals surface area contributed by atoms with Crippen molar-refractivity contribution in [2.24, 2.45) is 11.7 Å². The summed E-state index contributed by atoms with van der Waals surface area (Å²) in [5.74, 6) is 0.400. The van der Waals surface area contributed by atoms with Crippen LogP contribution in [0.2, 0.25) is 0 Å². The van der Waals surface area contributed by atoms with Gasteiger partial charge in [0, 0.05) is 17.8 Å². The molecule has 1 saturated carbocycles. The lowest BCUT2D eigenvalue weighted by atomic mass is 9.80. The average Bonchev–Trinajstić information content (AvgIpc) is 2.28. The Bertz CT molecular complexity index is 394. The second-order valence-electron chi connectivity index (χ2n) is 4.42. The summed E-state index contributed by atoms with van der Waals surface area (Å²) >= 11 is 0. The van der Waals surface area contributed by atoms with Gasteiger partial charge in [-0.25, -0.2) is 0 Å². The Balaban J connectivity index is 1.71. The van der Waals surface area contributed by atoms with Crippen LogP contribution < -0.4 is 5.73 Å². The zero-order valence-corrected chi connectivity index (χ0v) is 9.80. The fraction of sp³-hybridized carbons (Fsp3) is 0.357. The van der Waals surface area contributed by atoms with Crippen molar-refractivity contribution in [1.82, 2.24) is 0 Å². The molecule has 2 rings (SSSR count). The highest BCUT2D eigenvalue weighted by atomic mass is 16.5. The standard InChI is InChI=1S/C14H18N2O/c15-7-6-14(16)12-8-13(9-12)17-10-11-4-2-1-3-5-11/h1-7,12-13,15H,8-10,16H2. The number of benzene rings is 1. The maximum atomic E-state index is 6.96. The smallest absolute Gasteiger partial charge is 0.0720 e. The van der Waals surface area contributed by atoms with Crippen LogP contribution in [-0.4, -0.2) is 12.3 Å². The van der Waals surface area contributed by atoms with Gasteiger partial charge in [0.1, 0.15) is 0 Å². The summed E-state index contributed by atoms with van der Waals surface area (Å²) in [6.45, 7) is 0.673. The van der Waals surface area contributed by atoms with Crippen molar-refractivity contribution >= 4 is 6.21 Å². The van der Waals surface area contributed by atoms with Gasteiger partial charge in [-0.3, -0.25) is 0 Å². The molecule has 0 aliphatic heterocycles. The third-order valence-electron chi connectivity index (χ3n) is 3.17. The summed E-state index contributed by atoms with van der Waals surface area (Å²) in [6.07, 6.45) is 5.18. The van der Waals surface area contributed by atoms with Crippen molar-refractivity contribution in [3.63, 3.8) is 0 Å². The van der Waals surface area contributed by atoms with E-state index in [9.17, 15) is 0 Å². The first-order chi connectivity index (χ1) is 8.29. The van der Waals surface area contributed by atoms with E-state index in [-0.39, 0.29) is 0 Å². The maximum Gasteiger partial charge on any atom is 0.0720 e. The molecule has 90 valence electrons. The summed E-state index contributed by atoms with van der Waals surface area (Å²) in [7, 11) is 0. The predicted molar refractivity (Wildman–Crippen MR) is 68.8 cm³/mol. The quantitative estimate of drug-likeness (QED) is 0.763. The molecule has 17 heavy (non-hydrogen) atoms. The SMILES string of the molecule is N=CC=C(N)C1CC(OCc2ccccc2)C1. The first-order valence-electron chi connectivity index (χ1n) is 5.91. The number of hydrogen-bond donors (Lipinski definition) is 2. The highest BCUT2D eigenvalue weighted by Crippen LogP contribution is 2.34. The Kier molecular flexibility index (Phi) is 3.94. The zero-order valence-electron chi connectivity index (χ0n) is 9.80. The third-order valence-corrected chi connectivity index (χ3v) is 3.17. The molecule has 0 bridgehead atoms. The van der Waals surface area contributed by atoms with Gasteiger partial charge in [-0.1, -0.05) is 30.3 Å². The fourth-order valence-electron chi connectivity index (χ4n) is 1.99. The maximum absolute atomic E-state index is 6.96. The molecule has 0 amide bonds. The summed E-state index contributed by atoms with van der Waals surface area (Å²) in [6, 6.07) is 10.2. The molecule has 3 N–H and O–H groups in total. The third kappa shape index (κ3) is 3.17. The molecular formula is C14H18N2O. The van der Waals surface area contributed by atoms with E-state index in [1.54, 1.807) is 6.08 Å². The Morgan fingerprint density at radius 3 is 2.71 bits per heavy atom.